The highest BCUT2D eigenvalue weighted by Crippen LogP contribution is 2.10. The van der Waals surface area contributed by atoms with Crippen LogP contribution in [-0.2, 0) is 9.63 Å². The summed E-state index contributed by atoms with van der Waals surface area (Å²) in [6.45, 7) is 1.32. The molecule has 0 fully saturated rings. The number of carbonyl (C=O) groups excluding carboxylic acids is 1. The number of carbonyl (C=O) groups is 1. The van der Waals surface area contributed by atoms with Gasteiger partial charge in [0.1, 0.15) is 6.61 Å². The van der Waals surface area contributed by atoms with Crippen molar-refractivity contribution in [1.29, 1.82) is 0 Å². The SMILES string of the molecule is CC1=NOC(C(=O)CO)C1. The molecule has 1 rings (SSSR count). The maximum Gasteiger partial charge on any atom is 0.201 e. The van der Waals surface area contributed by atoms with Crippen LogP contribution in [0.2, 0.25) is 0 Å². The summed E-state index contributed by atoms with van der Waals surface area (Å²) in [6, 6.07) is 0. The van der Waals surface area contributed by atoms with E-state index < -0.39 is 12.7 Å². The molecule has 1 atom stereocenters. The van der Waals surface area contributed by atoms with Gasteiger partial charge in [-0.2, -0.15) is 0 Å². The van der Waals surface area contributed by atoms with Crippen LogP contribution in [0, 0.1) is 0 Å². The number of oxime groups is 1. The maximum atomic E-state index is 10.7. The van der Waals surface area contributed by atoms with Crippen LogP contribution < -0.4 is 0 Å². The second kappa shape index (κ2) is 2.79. The van der Waals surface area contributed by atoms with Crippen LogP contribution in [0.1, 0.15) is 13.3 Å². The number of aliphatic hydroxyl groups excluding tert-OH is 1. The standard InChI is InChI=1S/C6H9NO3/c1-4-2-6(10-7-4)5(9)3-8/h6,8H,2-3H2,1H3. The van der Waals surface area contributed by atoms with Crippen molar-refractivity contribution in [3.05, 3.63) is 0 Å². The molecule has 10 heavy (non-hydrogen) atoms. The van der Waals surface area contributed by atoms with E-state index in [9.17, 15) is 4.79 Å². The number of nitrogens with zero attached hydrogens (tertiary/aromatic N) is 1. The Labute approximate surface area is 58.5 Å². The lowest BCUT2D eigenvalue weighted by Crippen LogP contribution is -2.23. The fourth-order valence-corrected chi connectivity index (χ4v) is 0.771. The Morgan fingerprint density at radius 1 is 2.00 bits per heavy atom. The van der Waals surface area contributed by atoms with Gasteiger partial charge in [-0.25, -0.2) is 0 Å². The van der Waals surface area contributed by atoms with E-state index in [0.29, 0.717) is 6.42 Å². The third-order valence-electron chi connectivity index (χ3n) is 1.33. The van der Waals surface area contributed by atoms with Gasteiger partial charge >= 0.3 is 0 Å². The van der Waals surface area contributed by atoms with Gasteiger partial charge in [0.2, 0.25) is 5.78 Å². The highest BCUT2D eigenvalue weighted by Gasteiger charge is 2.24. The molecule has 0 radical (unpaired) electrons. The van der Waals surface area contributed by atoms with Gasteiger partial charge < -0.3 is 9.94 Å². The van der Waals surface area contributed by atoms with Crippen LogP contribution in [0.4, 0.5) is 0 Å². The molecule has 1 unspecified atom stereocenters. The molecule has 56 valence electrons. The molecule has 1 aliphatic rings. The Morgan fingerprint density at radius 2 is 2.70 bits per heavy atom. The lowest BCUT2D eigenvalue weighted by atomic mass is 10.1. The summed E-state index contributed by atoms with van der Waals surface area (Å²) < 4.78 is 0. The molecule has 1 aliphatic heterocycles. The van der Waals surface area contributed by atoms with Crippen LogP contribution in [-0.4, -0.2) is 29.3 Å². The normalized spacial score (nSPS) is 23.8. The number of aliphatic hydroxyl groups is 1. The summed E-state index contributed by atoms with van der Waals surface area (Å²) in [4.78, 5) is 15.4. The molecular formula is C6H9NO3. The van der Waals surface area contributed by atoms with Crippen molar-refractivity contribution in [3.63, 3.8) is 0 Å². The lowest BCUT2D eigenvalue weighted by Gasteiger charge is -2.02. The topological polar surface area (TPSA) is 58.9 Å². The zero-order valence-corrected chi connectivity index (χ0v) is 5.70. The molecule has 1 heterocycles. The summed E-state index contributed by atoms with van der Waals surface area (Å²) in [5, 5.41) is 12.0. The Hall–Kier alpha value is -0.900. The van der Waals surface area contributed by atoms with E-state index in [2.05, 4.69) is 5.16 Å². The second-order valence-corrected chi connectivity index (χ2v) is 2.25. The molecule has 4 heteroatoms. The molecule has 0 aliphatic carbocycles. The average molecular weight is 143 g/mol. The van der Waals surface area contributed by atoms with E-state index in [4.69, 9.17) is 9.94 Å². The van der Waals surface area contributed by atoms with Gasteiger partial charge in [-0.1, -0.05) is 5.16 Å². The van der Waals surface area contributed by atoms with Crippen molar-refractivity contribution in [1.82, 2.24) is 0 Å². The van der Waals surface area contributed by atoms with Crippen LogP contribution in [0.25, 0.3) is 0 Å². The summed E-state index contributed by atoms with van der Waals surface area (Å²) in [7, 11) is 0. The summed E-state index contributed by atoms with van der Waals surface area (Å²) in [5.74, 6) is -0.305. The van der Waals surface area contributed by atoms with Gasteiger partial charge in [-0.05, 0) is 6.92 Å². The first-order chi connectivity index (χ1) is 4.74. The minimum atomic E-state index is -0.537. The molecule has 0 bridgehead atoms. The minimum absolute atomic E-state index is 0.305. The van der Waals surface area contributed by atoms with Crippen molar-refractivity contribution < 1.29 is 14.7 Å². The fraction of sp³-hybridized carbons (Fsp3) is 0.667. The number of hydrogen-bond donors (Lipinski definition) is 1. The largest absolute Gasteiger partial charge is 0.388 e. The first-order valence-electron chi connectivity index (χ1n) is 3.07. The molecule has 0 amide bonds. The quantitative estimate of drug-likeness (QED) is 0.578. The predicted molar refractivity (Wildman–Crippen MR) is 34.7 cm³/mol. The number of rotatable bonds is 2. The third-order valence-corrected chi connectivity index (χ3v) is 1.33. The highest BCUT2D eigenvalue weighted by atomic mass is 16.6. The van der Waals surface area contributed by atoms with Crippen LogP contribution in [0.3, 0.4) is 0 Å². The second-order valence-electron chi connectivity index (χ2n) is 2.25. The summed E-state index contributed by atoms with van der Waals surface area (Å²) in [6.07, 6.45) is -0.0238. The molecule has 0 aromatic heterocycles. The van der Waals surface area contributed by atoms with Crippen molar-refractivity contribution in [2.75, 3.05) is 6.61 Å². The van der Waals surface area contributed by atoms with E-state index in [-0.39, 0.29) is 5.78 Å². The van der Waals surface area contributed by atoms with Gasteiger partial charge in [-0.3, -0.25) is 4.79 Å². The van der Waals surface area contributed by atoms with Gasteiger partial charge in [0.05, 0.1) is 5.71 Å². The van der Waals surface area contributed by atoms with Gasteiger partial charge in [0, 0.05) is 6.42 Å². The first kappa shape index (κ1) is 7.21. The first-order valence-corrected chi connectivity index (χ1v) is 3.07. The number of ketones is 1. The van der Waals surface area contributed by atoms with Crippen LogP contribution in [0.5, 0.6) is 0 Å². The predicted octanol–water partition coefficient (Wildman–Crippen LogP) is -0.287. The van der Waals surface area contributed by atoms with E-state index in [1.807, 2.05) is 0 Å². The van der Waals surface area contributed by atoms with Crippen molar-refractivity contribution in [2.24, 2.45) is 5.16 Å². The Kier molecular flexibility index (Phi) is 2.01. The molecule has 0 aromatic rings. The molecule has 0 saturated heterocycles. The van der Waals surface area contributed by atoms with Gasteiger partial charge in [0.25, 0.3) is 0 Å². The summed E-state index contributed by atoms with van der Waals surface area (Å²) in [5.41, 5.74) is 0.798. The molecule has 4 nitrogen and oxygen atoms in total. The van der Waals surface area contributed by atoms with E-state index in [1.165, 1.54) is 0 Å². The number of hydrogen-bond acceptors (Lipinski definition) is 4. The Bertz CT molecular complexity index is 176. The van der Waals surface area contributed by atoms with Crippen LogP contribution in [0.15, 0.2) is 5.16 Å². The smallest absolute Gasteiger partial charge is 0.201 e. The van der Waals surface area contributed by atoms with E-state index in [1.54, 1.807) is 6.92 Å². The zero-order chi connectivity index (χ0) is 7.56. The molecular weight excluding hydrogens is 134 g/mol. The minimum Gasteiger partial charge on any atom is -0.388 e. The number of Topliss-reactive ketones (excluding diaryl/α,β-unsaturated/α-hetero) is 1. The molecule has 1 N–H and O–H groups in total. The Morgan fingerprint density at radius 3 is 3.10 bits per heavy atom. The van der Waals surface area contributed by atoms with Crippen molar-refractivity contribution in [3.8, 4) is 0 Å². The van der Waals surface area contributed by atoms with E-state index in [0.717, 1.165) is 5.71 Å². The van der Waals surface area contributed by atoms with Crippen molar-refractivity contribution >= 4 is 11.5 Å². The van der Waals surface area contributed by atoms with E-state index >= 15 is 0 Å². The monoisotopic (exact) mass is 143 g/mol. The van der Waals surface area contributed by atoms with Gasteiger partial charge in [0.15, 0.2) is 6.10 Å². The highest BCUT2D eigenvalue weighted by molar-refractivity contribution is 5.92. The molecule has 0 spiro atoms. The Balaban J connectivity index is 2.42. The third kappa shape index (κ3) is 1.33. The fourth-order valence-electron chi connectivity index (χ4n) is 0.771. The average Bonchev–Trinajstić information content (AvgIpc) is 2.34. The van der Waals surface area contributed by atoms with Crippen molar-refractivity contribution in [2.45, 2.75) is 19.4 Å². The van der Waals surface area contributed by atoms with Gasteiger partial charge in [-0.15, -0.1) is 0 Å². The molecule has 0 saturated carbocycles. The summed E-state index contributed by atoms with van der Waals surface area (Å²) >= 11 is 0. The lowest BCUT2D eigenvalue weighted by molar-refractivity contribution is -0.131. The van der Waals surface area contributed by atoms with Crippen LogP contribution >= 0.6 is 0 Å². The maximum absolute atomic E-state index is 10.7. The zero-order valence-electron chi connectivity index (χ0n) is 5.70. The molecule has 0 aromatic carbocycles.